The number of nitrogens with one attached hydrogen (secondary N) is 1. The monoisotopic (exact) mass is 402 g/mol. The Bertz CT molecular complexity index is 704. The molecule has 5 nitrogen and oxygen atoms in total. The van der Waals surface area contributed by atoms with Crippen molar-refractivity contribution in [2.45, 2.75) is 84.3 Å². The second-order valence-corrected chi connectivity index (χ2v) is 11.1. The van der Waals surface area contributed by atoms with E-state index in [1.165, 1.54) is 5.71 Å². The van der Waals surface area contributed by atoms with E-state index in [2.05, 4.69) is 31.2 Å². The maximum Gasteiger partial charge on any atom is 0.152 e. The molecule has 8 atom stereocenters. The molecule has 4 saturated carbocycles. The third-order valence-corrected chi connectivity index (χ3v) is 9.97. The Labute approximate surface area is 175 Å². The minimum Gasteiger partial charge on any atom is -0.393 e. The summed E-state index contributed by atoms with van der Waals surface area (Å²) >= 11 is 0. The Morgan fingerprint density at radius 3 is 2.66 bits per heavy atom. The lowest BCUT2D eigenvalue weighted by Gasteiger charge is -2.62. The van der Waals surface area contributed by atoms with Gasteiger partial charge in [0.25, 0.3) is 0 Å². The Balaban J connectivity index is 1.42. The molecule has 5 rings (SSSR count). The molecule has 1 unspecified atom stereocenters. The van der Waals surface area contributed by atoms with Gasteiger partial charge in [0.05, 0.1) is 11.8 Å². The van der Waals surface area contributed by atoms with Gasteiger partial charge in [-0.05, 0) is 74.0 Å². The molecule has 29 heavy (non-hydrogen) atoms. The fourth-order valence-electron chi connectivity index (χ4n) is 8.27. The molecular formula is C24H38N2O3. The summed E-state index contributed by atoms with van der Waals surface area (Å²) in [5.74, 6) is 2.68. The van der Waals surface area contributed by atoms with Crippen molar-refractivity contribution in [3.05, 3.63) is 0 Å². The van der Waals surface area contributed by atoms with Gasteiger partial charge in [-0.15, -0.1) is 0 Å². The zero-order valence-corrected chi connectivity index (χ0v) is 18.3. The Morgan fingerprint density at radius 2 is 1.97 bits per heavy atom. The van der Waals surface area contributed by atoms with Gasteiger partial charge in [-0.1, -0.05) is 25.9 Å². The Hall–Kier alpha value is -0.940. The Morgan fingerprint density at radius 1 is 1.17 bits per heavy atom. The van der Waals surface area contributed by atoms with E-state index >= 15 is 0 Å². The molecule has 2 N–H and O–H groups in total. The fourth-order valence-corrected chi connectivity index (χ4v) is 8.27. The van der Waals surface area contributed by atoms with E-state index < -0.39 is 0 Å². The molecule has 5 fully saturated rings. The van der Waals surface area contributed by atoms with Crippen molar-refractivity contribution >= 4 is 11.5 Å². The number of oxime groups is 1. The van der Waals surface area contributed by atoms with E-state index in [4.69, 9.17) is 4.84 Å². The highest BCUT2D eigenvalue weighted by Crippen LogP contribution is 2.66. The van der Waals surface area contributed by atoms with E-state index in [-0.39, 0.29) is 29.0 Å². The molecule has 162 valence electrons. The molecular weight excluding hydrogens is 364 g/mol. The highest BCUT2D eigenvalue weighted by molar-refractivity contribution is 5.88. The third kappa shape index (κ3) is 2.86. The van der Waals surface area contributed by atoms with Crippen LogP contribution >= 0.6 is 0 Å². The maximum absolute atomic E-state index is 12.7. The number of fused-ring (bicyclic) bond motifs is 5. The van der Waals surface area contributed by atoms with Crippen LogP contribution in [0.2, 0.25) is 0 Å². The predicted octanol–water partition coefficient (Wildman–Crippen LogP) is 3.55. The zero-order chi connectivity index (χ0) is 20.4. The standard InChI is InChI=1S/C24H38N2O3/c1-4-15-19(26-29-14-12-25-13-14)8-10-24(3)18-7-9-23(2)17(5-6-21(23)28)16(18)11-20(27)22(15)24/h14-18,20,22,25,27H,4-13H2,1-3H3/b26-19+/t15-,16-,17-,18-,20+,22?,23-,24+/m0/s1. The van der Waals surface area contributed by atoms with Crippen molar-refractivity contribution in [2.75, 3.05) is 13.1 Å². The smallest absolute Gasteiger partial charge is 0.152 e. The van der Waals surface area contributed by atoms with Crippen LogP contribution in [0, 0.1) is 40.4 Å². The molecule has 0 radical (unpaired) electrons. The average Bonchev–Trinajstić information content (AvgIpc) is 2.96. The molecule has 4 aliphatic carbocycles. The quantitative estimate of drug-likeness (QED) is 0.708. The molecule has 1 heterocycles. The van der Waals surface area contributed by atoms with Crippen LogP contribution in [0.4, 0.5) is 0 Å². The number of aliphatic hydroxyl groups excluding tert-OH is 1. The number of rotatable bonds is 3. The number of carbonyl (C=O) groups is 1. The molecule has 1 aliphatic heterocycles. The summed E-state index contributed by atoms with van der Waals surface area (Å²) in [5.41, 5.74) is 1.20. The minimum atomic E-state index is -0.292. The van der Waals surface area contributed by atoms with E-state index in [1.54, 1.807) is 0 Å². The molecule has 0 aromatic heterocycles. The van der Waals surface area contributed by atoms with Crippen LogP contribution in [0.25, 0.3) is 0 Å². The first-order valence-corrected chi connectivity index (χ1v) is 12.0. The van der Waals surface area contributed by atoms with Crippen LogP contribution in [0.3, 0.4) is 0 Å². The first-order chi connectivity index (χ1) is 13.9. The fraction of sp³-hybridized carbons (Fsp3) is 0.917. The molecule has 5 aliphatic rings. The van der Waals surface area contributed by atoms with Gasteiger partial charge in [-0.25, -0.2) is 0 Å². The molecule has 0 amide bonds. The van der Waals surface area contributed by atoms with Crippen LogP contribution in [0.5, 0.6) is 0 Å². The van der Waals surface area contributed by atoms with Crippen LogP contribution in [0.15, 0.2) is 5.16 Å². The molecule has 1 saturated heterocycles. The summed E-state index contributed by atoms with van der Waals surface area (Å²) in [6, 6.07) is 0. The highest BCUT2D eigenvalue weighted by atomic mass is 16.6. The summed E-state index contributed by atoms with van der Waals surface area (Å²) in [5, 5.41) is 19.3. The van der Waals surface area contributed by atoms with Crippen molar-refractivity contribution in [3.8, 4) is 0 Å². The van der Waals surface area contributed by atoms with Crippen LogP contribution in [-0.4, -0.2) is 41.9 Å². The van der Waals surface area contributed by atoms with Gasteiger partial charge in [0.1, 0.15) is 5.78 Å². The van der Waals surface area contributed by atoms with E-state index in [1.807, 2.05) is 0 Å². The molecule has 0 aromatic rings. The summed E-state index contributed by atoms with van der Waals surface area (Å²) < 4.78 is 0. The Kier molecular flexibility index (Phi) is 4.86. The topological polar surface area (TPSA) is 70.9 Å². The van der Waals surface area contributed by atoms with Crippen molar-refractivity contribution in [1.29, 1.82) is 0 Å². The van der Waals surface area contributed by atoms with Crippen LogP contribution in [-0.2, 0) is 9.63 Å². The van der Waals surface area contributed by atoms with Gasteiger partial charge in [0.2, 0.25) is 0 Å². The van der Waals surface area contributed by atoms with Crippen LogP contribution < -0.4 is 5.32 Å². The van der Waals surface area contributed by atoms with Crippen LogP contribution in [0.1, 0.15) is 72.1 Å². The second kappa shape index (κ2) is 7.05. The molecule has 0 aromatic carbocycles. The van der Waals surface area contributed by atoms with Gasteiger partial charge in [0.15, 0.2) is 6.10 Å². The van der Waals surface area contributed by atoms with Gasteiger partial charge < -0.3 is 15.3 Å². The van der Waals surface area contributed by atoms with Crippen molar-refractivity contribution in [3.63, 3.8) is 0 Å². The summed E-state index contributed by atoms with van der Waals surface area (Å²) in [6.45, 7) is 8.69. The SMILES string of the molecule is CC[C@H]1/C(=N/OC2CNC2)CC[C@@]2(C)C1[C@H](O)C[C@@H]1[C@@H]2CC[C@]2(C)C(=O)CC[C@@H]12. The number of ketones is 1. The van der Waals surface area contributed by atoms with Crippen molar-refractivity contribution in [1.82, 2.24) is 5.32 Å². The lowest BCUT2D eigenvalue weighted by atomic mass is 9.43. The first kappa shape index (κ1) is 20.0. The van der Waals surface area contributed by atoms with Gasteiger partial charge in [-0.2, -0.15) is 0 Å². The number of hydrogen-bond acceptors (Lipinski definition) is 5. The van der Waals surface area contributed by atoms with Crippen molar-refractivity contribution in [2.24, 2.45) is 45.6 Å². The van der Waals surface area contributed by atoms with Gasteiger partial charge in [-0.3, -0.25) is 4.79 Å². The zero-order valence-electron chi connectivity index (χ0n) is 18.3. The van der Waals surface area contributed by atoms with E-state index in [9.17, 15) is 9.90 Å². The predicted molar refractivity (Wildman–Crippen MR) is 112 cm³/mol. The first-order valence-electron chi connectivity index (χ1n) is 12.0. The number of carbonyl (C=O) groups excluding carboxylic acids is 1. The van der Waals surface area contributed by atoms with E-state index in [0.29, 0.717) is 29.5 Å². The summed E-state index contributed by atoms with van der Waals surface area (Å²) in [7, 11) is 0. The van der Waals surface area contributed by atoms with Crippen molar-refractivity contribution < 1.29 is 14.7 Å². The molecule has 5 heteroatoms. The largest absolute Gasteiger partial charge is 0.393 e. The molecule has 0 spiro atoms. The summed E-state index contributed by atoms with van der Waals surface area (Å²) in [6.07, 6.45) is 7.87. The minimum absolute atomic E-state index is 0.125. The maximum atomic E-state index is 12.7. The number of aliphatic hydroxyl groups is 1. The second-order valence-electron chi connectivity index (χ2n) is 11.1. The third-order valence-electron chi connectivity index (χ3n) is 9.97. The average molecular weight is 403 g/mol. The lowest BCUT2D eigenvalue weighted by molar-refractivity contribution is -0.161. The van der Waals surface area contributed by atoms with E-state index in [0.717, 1.165) is 64.5 Å². The normalized spacial score (nSPS) is 51.2. The van der Waals surface area contributed by atoms with Gasteiger partial charge >= 0.3 is 0 Å². The summed E-state index contributed by atoms with van der Waals surface area (Å²) in [4.78, 5) is 18.4. The number of Topliss-reactive ketones (excluding diaryl/α,β-unsaturated/α-hetero) is 1. The highest BCUT2D eigenvalue weighted by Gasteiger charge is 2.63. The van der Waals surface area contributed by atoms with Gasteiger partial charge in [0, 0.05) is 30.8 Å². The molecule has 0 bridgehead atoms. The lowest BCUT2D eigenvalue weighted by Crippen LogP contribution is -2.60. The number of hydrogen-bond donors (Lipinski definition) is 2. The number of nitrogens with zero attached hydrogens (tertiary/aromatic N) is 1.